The Morgan fingerprint density at radius 3 is 2.27 bits per heavy atom. The Balaban J connectivity index is 2.24. The van der Waals surface area contributed by atoms with E-state index in [9.17, 15) is 34.8 Å². The molecule has 0 spiro atoms. The van der Waals surface area contributed by atoms with Gasteiger partial charge in [-0.25, -0.2) is 21.6 Å². The van der Waals surface area contributed by atoms with Crippen LogP contribution < -0.4 is 0 Å². The maximum Gasteiger partial charge on any atom is 0.416 e. The number of hydrogen-bond acceptors (Lipinski definition) is 4. The molecule has 0 atom stereocenters. The van der Waals surface area contributed by atoms with Crippen molar-refractivity contribution in [2.24, 2.45) is 0 Å². The Labute approximate surface area is 167 Å². The van der Waals surface area contributed by atoms with Crippen LogP contribution in [0.25, 0.3) is 22.4 Å². The summed E-state index contributed by atoms with van der Waals surface area (Å²) in [5.74, 6) is -2.97. The van der Waals surface area contributed by atoms with Crippen LogP contribution in [-0.2, 0) is 22.7 Å². The molecule has 0 N–H and O–H groups in total. The van der Waals surface area contributed by atoms with Crippen LogP contribution in [0.2, 0.25) is 0 Å². The second-order valence-corrected chi connectivity index (χ2v) is 8.51. The van der Waals surface area contributed by atoms with Crippen molar-refractivity contribution < 1.29 is 39.3 Å². The number of aromatic nitrogens is 1. The molecule has 4 nitrogen and oxygen atoms in total. The van der Waals surface area contributed by atoms with Crippen LogP contribution in [0.1, 0.15) is 16.9 Å². The van der Waals surface area contributed by atoms with Gasteiger partial charge in [-0.05, 0) is 36.8 Å². The Bertz CT molecular complexity index is 1230. The largest absolute Gasteiger partial charge is 0.416 e. The zero-order valence-electron chi connectivity index (χ0n) is 15.4. The van der Waals surface area contributed by atoms with Crippen molar-refractivity contribution in [2.45, 2.75) is 24.7 Å². The van der Waals surface area contributed by atoms with Crippen LogP contribution in [0.5, 0.6) is 0 Å². The van der Waals surface area contributed by atoms with Gasteiger partial charge in [0.05, 0.1) is 11.1 Å². The second kappa shape index (κ2) is 7.46. The van der Waals surface area contributed by atoms with Crippen molar-refractivity contribution in [1.29, 1.82) is 0 Å². The second-order valence-electron chi connectivity index (χ2n) is 6.53. The Morgan fingerprint density at radius 1 is 1.07 bits per heavy atom. The van der Waals surface area contributed by atoms with Crippen molar-refractivity contribution in [3.8, 4) is 22.4 Å². The number of hydrogen-bond donors (Lipinski definition) is 0. The number of rotatable bonds is 4. The standard InChI is InChI=1S/C19H13F6NO3S/c1-9-5-10(3-4-12(9)19(23,24)25)18-17(15(8-20)29-26-18)11-6-14(22)16(7-13(11)21)30(2,27)28/h3-7H,8H2,1-2H3. The van der Waals surface area contributed by atoms with Gasteiger partial charge >= 0.3 is 6.18 Å². The lowest BCUT2D eigenvalue weighted by Gasteiger charge is -2.12. The van der Waals surface area contributed by atoms with E-state index < -0.39 is 56.1 Å². The first-order chi connectivity index (χ1) is 13.8. The maximum absolute atomic E-state index is 14.7. The topological polar surface area (TPSA) is 60.2 Å². The van der Waals surface area contributed by atoms with Crippen LogP contribution in [0.4, 0.5) is 26.3 Å². The average molecular weight is 449 g/mol. The van der Waals surface area contributed by atoms with Crippen molar-refractivity contribution in [1.82, 2.24) is 5.16 Å². The van der Waals surface area contributed by atoms with E-state index >= 15 is 0 Å². The molecular formula is C19H13F6NO3S. The summed E-state index contributed by atoms with van der Waals surface area (Å²) in [6, 6.07) is 3.92. The fourth-order valence-electron chi connectivity index (χ4n) is 3.02. The fraction of sp³-hybridized carbons (Fsp3) is 0.211. The van der Waals surface area contributed by atoms with Crippen LogP contribution in [0.3, 0.4) is 0 Å². The Hall–Kier alpha value is -2.82. The van der Waals surface area contributed by atoms with Gasteiger partial charge in [-0.2, -0.15) is 13.2 Å². The lowest BCUT2D eigenvalue weighted by atomic mass is 9.96. The summed E-state index contributed by atoms with van der Waals surface area (Å²) >= 11 is 0. The number of aryl methyl sites for hydroxylation is 1. The Kier molecular flexibility index (Phi) is 5.44. The summed E-state index contributed by atoms with van der Waals surface area (Å²) in [4.78, 5) is -0.895. The third-order valence-electron chi connectivity index (χ3n) is 4.38. The van der Waals surface area contributed by atoms with Gasteiger partial charge in [0.1, 0.15) is 22.2 Å². The van der Waals surface area contributed by atoms with E-state index in [0.717, 1.165) is 18.2 Å². The summed E-state index contributed by atoms with van der Waals surface area (Å²) in [6.45, 7) is -0.0693. The van der Waals surface area contributed by atoms with E-state index in [2.05, 4.69) is 5.16 Å². The molecule has 0 unspecified atom stereocenters. The molecule has 0 aliphatic carbocycles. The molecule has 3 rings (SSSR count). The summed E-state index contributed by atoms with van der Waals surface area (Å²) in [5, 5.41) is 3.60. The molecule has 0 aliphatic heterocycles. The van der Waals surface area contributed by atoms with Crippen molar-refractivity contribution in [3.05, 3.63) is 58.9 Å². The van der Waals surface area contributed by atoms with Gasteiger partial charge in [0.15, 0.2) is 22.3 Å². The number of halogens is 6. The van der Waals surface area contributed by atoms with Crippen LogP contribution >= 0.6 is 0 Å². The highest BCUT2D eigenvalue weighted by Crippen LogP contribution is 2.40. The fourth-order valence-corrected chi connectivity index (χ4v) is 3.75. The van der Waals surface area contributed by atoms with Gasteiger partial charge in [-0.3, -0.25) is 0 Å². The molecule has 3 aromatic rings. The van der Waals surface area contributed by atoms with E-state index in [1.165, 1.54) is 6.92 Å². The van der Waals surface area contributed by atoms with E-state index in [4.69, 9.17) is 4.52 Å². The maximum atomic E-state index is 14.7. The third-order valence-corrected chi connectivity index (χ3v) is 5.49. The van der Waals surface area contributed by atoms with Gasteiger partial charge in [-0.15, -0.1) is 0 Å². The normalized spacial score (nSPS) is 12.4. The zero-order chi connectivity index (χ0) is 22.4. The lowest BCUT2D eigenvalue weighted by molar-refractivity contribution is -0.138. The van der Waals surface area contributed by atoms with Crippen LogP contribution in [0.15, 0.2) is 39.8 Å². The lowest BCUT2D eigenvalue weighted by Crippen LogP contribution is -2.07. The molecule has 0 aliphatic rings. The molecule has 0 fully saturated rings. The van der Waals surface area contributed by atoms with Gasteiger partial charge in [0.2, 0.25) is 0 Å². The predicted molar refractivity (Wildman–Crippen MR) is 95.0 cm³/mol. The first kappa shape index (κ1) is 21.9. The van der Waals surface area contributed by atoms with E-state index in [1.54, 1.807) is 0 Å². The number of alkyl halides is 4. The Morgan fingerprint density at radius 2 is 1.73 bits per heavy atom. The van der Waals surface area contributed by atoms with Gasteiger partial charge in [-0.1, -0.05) is 11.2 Å². The van der Waals surface area contributed by atoms with Crippen molar-refractivity contribution >= 4 is 9.84 Å². The third kappa shape index (κ3) is 3.93. The van der Waals surface area contributed by atoms with E-state index in [-0.39, 0.29) is 22.4 Å². The smallest absolute Gasteiger partial charge is 0.357 e. The minimum Gasteiger partial charge on any atom is -0.357 e. The molecule has 1 heterocycles. The minimum atomic E-state index is -4.60. The number of benzene rings is 2. The summed E-state index contributed by atoms with van der Waals surface area (Å²) in [6.07, 6.45) is -3.91. The van der Waals surface area contributed by atoms with Crippen LogP contribution in [0, 0.1) is 18.6 Å². The number of nitrogens with zero attached hydrogens (tertiary/aromatic N) is 1. The highest BCUT2D eigenvalue weighted by molar-refractivity contribution is 7.90. The first-order valence-corrected chi connectivity index (χ1v) is 10.2. The molecule has 0 amide bonds. The molecule has 1 aromatic heterocycles. The summed E-state index contributed by atoms with van der Waals surface area (Å²) in [5.41, 5.74) is -2.11. The molecule has 160 valence electrons. The molecular weight excluding hydrogens is 436 g/mol. The molecule has 0 bridgehead atoms. The monoisotopic (exact) mass is 449 g/mol. The highest BCUT2D eigenvalue weighted by Gasteiger charge is 2.33. The molecule has 0 saturated heterocycles. The first-order valence-electron chi connectivity index (χ1n) is 8.26. The molecule has 0 radical (unpaired) electrons. The summed E-state index contributed by atoms with van der Waals surface area (Å²) in [7, 11) is -4.08. The molecule has 30 heavy (non-hydrogen) atoms. The minimum absolute atomic E-state index is 0.0472. The molecule has 11 heteroatoms. The summed E-state index contributed by atoms with van der Waals surface area (Å²) < 4.78 is 109. The quantitative estimate of drug-likeness (QED) is 0.495. The highest BCUT2D eigenvalue weighted by atomic mass is 32.2. The van der Waals surface area contributed by atoms with Gasteiger partial charge in [0, 0.05) is 17.4 Å². The van der Waals surface area contributed by atoms with E-state index in [1.807, 2.05) is 0 Å². The SMILES string of the molecule is Cc1cc(-c2noc(CF)c2-c2cc(F)c(S(C)(=O)=O)cc2F)ccc1C(F)(F)F. The van der Waals surface area contributed by atoms with Crippen LogP contribution in [-0.4, -0.2) is 19.8 Å². The van der Waals surface area contributed by atoms with E-state index in [0.29, 0.717) is 18.4 Å². The molecule has 0 saturated carbocycles. The number of sulfone groups is 1. The van der Waals surface area contributed by atoms with Crippen molar-refractivity contribution in [3.63, 3.8) is 0 Å². The predicted octanol–water partition coefficient (Wildman–Crippen LogP) is 5.49. The average Bonchev–Trinajstić information content (AvgIpc) is 3.05. The molecule has 2 aromatic carbocycles. The van der Waals surface area contributed by atoms with Gasteiger partial charge in [0.25, 0.3) is 0 Å². The van der Waals surface area contributed by atoms with Crippen molar-refractivity contribution in [2.75, 3.05) is 6.26 Å². The van der Waals surface area contributed by atoms with Gasteiger partial charge < -0.3 is 4.52 Å². The zero-order valence-corrected chi connectivity index (χ0v) is 16.3.